The number of ether oxygens (including phenoxy) is 1. The third kappa shape index (κ3) is 3.63. The van der Waals surface area contributed by atoms with E-state index in [4.69, 9.17) is 4.74 Å². The van der Waals surface area contributed by atoms with Crippen molar-refractivity contribution in [1.82, 2.24) is 15.5 Å². The van der Waals surface area contributed by atoms with E-state index in [1.807, 2.05) is 6.92 Å². The molecule has 4 saturated carbocycles. The molecular formula is C20H33N3O3. The Morgan fingerprint density at radius 1 is 1.04 bits per heavy atom. The first-order valence-corrected chi connectivity index (χ1v) is 10.4. The first-order valence-electron chi connectivity index (χ1n) is 10.4. The Kier molecular flexibility index (Phi) is 4.99. The molecule has 5 rings (SSSR count). The lowest BCUT2D eigenvalue weighted by Crippen LogP contribution is -2.62. The molecule has 6 heteroatoms. The number of piperidine rings is 1. The third-order valence-corrected chi connectivity index (χ3v) is 7.39. The molecule has 1 aliphatic heterocycles. The number of hydrogen-bond acceptors (Lipinski definition) is 4. The van der Waals surface area contributed by atoms with E-state index in [0.717, 1.165) is 62.9 Å². The summed E-state index contributed by atoms with van der Waals surface area (Å²) in [7, 11) is 1.74. The number of likely N-dealkylation sites (tertiary alicyclic amines) is 1. The van der Waals surface area contributed by atoms with Gasteiger partial charge in [-0.1, -0.05) is 0 Å². The van der Waals surface area contributed by atoms with E-state index in [1.54, 1.807) is 7.11 Å². The molecule has 0 spiro atoms. The molecule has 0 aromatic heterocycles. The van der Waals surface area contributed by atoms with Gasteiger partial charge in [-0.15, -0.1) is 0 Å². The molecule has 0 aromatic carbocycles. The number of hydrogen-bond donors (Lipinski definition) is 2. The molecule has 5 fully saturated rings. The zero-order valence-corrected chi connectivity index (χ0v) is 16.1. The van der Waals surface area contributed by atoms with Gasteiger partial charge in [-0.05, 0) is 76.0 Å². The molecule has 26 heavy (non-hydrogen) atoms. The second-order valence-corrected chi connectivity index (χ2v) is 9.29. The molecule has 146 valence electrons. The molecule has 4 bridgehead atoms. The minimum absolute atomic E-state index is 0.0564. The van der Waals surface area contributed by atoms with Crippen molar-refractivity contribution >= 4 is 11.9 Å². The zero-order valence-electron chi connectivity index (χ0n) is 16.1. The lowest BCUT2D eigenvalue weighted by atomic mass is 9.53. The van der Waals surface area contributed by atoms with Gasteiger partial charge in [0, 0.05) is 25.7 Å². The molecule has 1 unspecified atom stereocenters. The molecule has 1 atom stereocenters. The molecule has 4 aliphatic carbocycles. The standard InChI is InChI=1S/C20H33N3O3/c1-13(23-5-3-17(26-2)4-6-23)18(24)21-19(25)22-20-10-14-7-15(11-20)9-16(8-14)12-20/h13-17H,3-12H2,1-2H3,(H2,21,22,24,25). The fourth-order valence-corrected chi connectivity index (χ4v) is 6.42. The van der Waals surface area contributed by atoms with E-state index in [1.165, 1.54) is 19.3 Å². The van der Waals surface area contributed by atoms with E-state index < -0.39 is 0 Å². The summed E-state index contributed by atoms with van der Waals surface area (Å²) >= 11 is 0. The monoisotopic (exact) mass is 363 g/mol. The van der Waals surface area contributed by atoms with Gasteiger partial charge < -0.3 is 10.1 Å². The SMILES string of the molecule is COC1CCN(C(C)C(=O)NC(=O)NC23CC4CC(CC(C4)C2)C3)CC1. The summed E-state index contributed by atoms with van der Waals surface area (Å²) in [5.74, 6) is 2.14. The van der Waals surface area contributed by atoms with Gasteiger partial charge in [0.05, 0.1) is 12.1 Å². The van der Waals surface area contributed by atoms with Crippen molar-refractivity contribution in [2.75, 3.05) is 20.2 Å². The van der Waals surface area contributed by atoms with Crippen LogP contribution in [0.25, 0.3) is 0 Å². The van der Waals surface area contributed by atoms with Crippen LogP contribution in [0.2, 0.25) is 0 Å². The van der Waals surface area contributed by atoms with Gasteiger partial charge in [-0.25, -0.2) is 4.79 Å². The maximum atomic E-state index is 12.5. The average Bonchev–Trinajstić information content (AvgIpc) is 2.59. The number of nitrogens with zero attached hydrogens (tertiary/aromatic N) is 1. The highest BCUT2D eigenvalue weighted by molar-refractivity contribution is 5.97. The van der Waals surface area contributed by atoms with Gasteiger partial charge in [0.2, 0.25) is 5.91 Å². The Labute approximate surface area is 156 Å². The van der Waals surface area contributed by atoms with Crippen molar-refractivity contribution in [2.24, 2.45) is 17.8 Å². The number of nitrogens with one attached hydrogen (secondary N) is 2. The number of carbonyl (C=O) groups is 2. The van der Waals surface area contributed by atoms with Crippen molar-refractivity contribution in [3.05, 3.63) is 0 Å². The maximum absolute atomic E-state index is 12.5. The lowest BCUT2D eigenvalue weighted by molar-refractivity contribution is -0.125. The Morgan fingerprint density at radius 2 is 1.58 bits per heavy atom. The summed E-state index contributed by atoms with van der Waals surface area (Å²) < 4.78 is 5.39. The molecule has 1 saturated heterocycles. The smallest absolute Gasteiger partial charge is 0.321 e. The number of imide groups is 1. The molecule has 5 aliphatic rings. The molecule has 1 heterocycles. The van der Waals surface area contributed by atoms with Crippen molar-refractivity contribution < 1.29 is 14.3 Å². The largest absolute Gasteiger partial charge is 0.381 e. The summed E-state index contributed by atoms with van der Waals surface area (Å²) in [4.78, 5) is 27.2. The maximum Gasteiger partial charge on any atom is 0.321 e. The number of rotatable bonds is 4. The van der Waals surface area contributed by atoms with Crippen LogP contribution in [0.3, 0.4) is 0 Å². The summed E-state index contributed by atoms with van der Waals surface area (Å²) in [6, 6.07) is -0.578. The predicted molar refractivity (Wildman–Crippen MR) is 98.6 cm³/mol. The van der Waals surface area contributed by atoms with Crippen LogP contribution >= 0.6 is 0 Å². The Morgan fingerprint density at radius 3 is 2.08 bits per heavy atom. The highest BCUT2D eigenvalue weighted by atomic mass is 16.5. The van der Waals surface area contributed by atoms with E-state index in [2.05, 4.69) is 15.5 Å². The van der Waals surface area contributed by atoms with Crippen LogP contribution in [0.1, 0.15) is 58.3 Å². The van der Waals surface area contributed by atoms with Gasteiger partial charge in [-0.3, -0.25) is 15.0 Å². The van der Waals surface area contributed by atoms with E-state index in [0.29, 0.717) is 6.10 Å². The molecule has 2 N–H and O–H groups in total. The minimum Gasteiger partial charge on any atom is -0.381 e. The quantitative estimate of drug-likeness (QED) is 0.804. The fourth-order valence-electron chi connectivity index (χ4n) is 6.42. The summed E-state index contributed by atoms with van der Waals surface area (Å²) in [5.41, 5.74) is -0.0564. The van der Waals surface area contributed by atoms with Gasteiger partial charge in [0.25, 0.3) is 0 Å². The lowest BCUT2D eigenvalue weighted by Gasteiger charge is -2.56. The molecule has 3 amide bonds. The van der Waals surface area contributed by atoms with Gasteiger partial charge in [-0.2, -0.15) is 0 Å². The number of methoxy groups -OCH3 is 1. The van der Waals surface area contributed by atoms with Crippen LogP contribution in [0.4, 0.5) is 4.79 Å². The van der Waals surface area contributed by atoms with Gasteiger partial charge >= 0.3 is 6.03 Å². The second kappa shape index (κ2) is 7.12. The normalized spacial score (nSPS) is 38.2. The summed E-state index contributed by atoms with van der Waals surface area (Å²) in [6.07, 6.45) is 9.49. The topological polar surface area (TPSA) is 70.7 Å². The Hall–Kier alpha value is -1.14. The molecular weight excluding hydrogens is 330 g/mol. The first kappa shape index (κ1) is 18.2. The van der Waals surface area contributed by atoms with Crippen molar-refractivity contribution in [3.63, 3.8) is 0 Å². The van der Waals surface area contributed by atoms with Crippen LogP contribution in [-0.4, -0.2) is 54.7 Å². The average molecular weight is 364 g/mol. The Balaban J connectivity index is 1.29. The van der Waals surface area contributed by atoms with Crippen LogP contribution < -0.4 is 10.6 Å². The highest BCUT2D eigenvalue weighted by Gasteiger charge is 2.51. The predicted octanol–water partition coefficient (Wildman–Crippen LogP) is 2.28. The second-order valence-electron chi connectivity index (χ2n) is 9.29. The van der Waals surface area contributed by atoms with Gasteiger partial charge in [0.15, 0.2) is 0 Å². The molecule has 6 nitrogen and oxygen atoms in total. The highest BCUT2D eigenvalue weighted by Crippen LogP contribution is 2.55. The molecule has 0 aromatic rings. The first-order chi connectivity index (χ1) is 12.5. The van der Waals surface area contributed by atoms with Crippen molar-refractivity contribution in [3.8, 4) is 0 Å². The summed E-state index contributed by atoms with van der Waals surface area (Å²) in [6.45, 7) is 3.56. The van der Waals surface area contributed by atoms with Crippen molar-refractivity contribution in [1.29, 1.82) is 0 Å². The van der Waals surface area contributed by atoms with E-state index in [9.17, 15) is 9.59 Å². The minimum atomic E-state index is -0.296. The van der Waals surface area contributed by atoms with E-state index >= 15 is 0 Å². The van der Waals surface area contributed by atoms with Crippen LogP contribution in [0.5, 0.6) is 0 Å². The van der Waals surface area contributed by atoms with Crippen molar-refractivity contribution in [2.45, 2.75) is 76.0 Å². The van der Waals surface area contributed by atoms with Crippen LogP contribution in [0, 0.1) is 17.8 Å². The van der Waals surface area contributed by atoms with Crippen LogP contribution in [0.15, 0.2) is 0 Å². The fraction of sp³-hybridized carbons (Fsp3) is 0.900. The van der Waals surface area contributed by atoms with E-state index in [-0.39, 0.29) is 23.5 Å². The molecule has 0 radical (unpaired) electrons. The summed E-state index contributed by atoms with van der Waals surface area (Å²) in [5, 5.41) is 5.84. The number of amides is 3. The third-order valence-electron chi connectivity index (χ3n) is 7.39. The van der Waals surface area contributed by atoms with Crippen LogP contribution in [-0.2, 0) is 9.53 Å². The number of urea groups is 1. The zero-order chi connectivity index (χ0) is 18.3. The Bertz CT molecular complexity index is 521. The van der Waals surface area contributed by atoms with Gasteiger partial charge in [0.1, 0.15) is 0 Å². The number of carbonyl (C=O) groups excluding carboxylic acids is 2.